The lowest BCUT2D eigenvalue weighted by atomic mass is 10.1. The van der Waals surface area contributed by atoms with Gasteiger partial charge in [-0.25, -0.2) is 0 Å². The second-order valence-electron chi connectivity index (χ2n) is 4.36. The van der Waals surface area contributed by atoms with Crippen LogP contribution in [0.3, 0.4) is 0 Å². The van der Waals surface area contributed by atoms with Crippen molar-refractivity contribution in [2.45, 2.75) is 12.8 Å². The molecule has 0 radical (unpaired) electrons. The van der Waals surface area contributed by atoms with Gasteiger partial charge in [0.15, 0.2) is 0 Å². The zero-order valence-corrected chi connectivity index (χ0v) is 11.5. The number of anilines is 1. The van der Waals surface area contributed by atoms with E-state index in [1.54, 1.807) is 12.1 Å². The molecule has 0 amide bonds. The van der Waals surface area contributed by atoms with Gasteiger partial charge in [-0.2, -0.15) is 0 Å². The van der Waals surface area contributed by atoms with Crippen molar-refractivity contribution in [1.29, 1.82) is 0 Å². The lowest BCUT2D eigenvalue weighted by molar-refractivity contribution is -0.384. The number of halogens is 1. The Labute approximate surface area is 114 Å². The van der Waals surface area contributed by atoms with Crippen molar-refractivity contribution in [3.05, 3.63) is 32.8 Å². The van der Waals surface area contributed by atoms with Crippen LogP contribution in [-0.2, 0) is 4.74 Å². The van der Waals surface area contributed by atoms with Crippen molar-refractivity contribution in [2.75, 3.05) is 25.1 Å². The topological polar surface area (TPSA) is 64.4 Å². The first-order valence-electron chi connectivity index (χ1n) is 5.92. The summed E-state index contributed by atoms with van der Waals surface area (Å²) in [6, 6.07) is 5.04. The summed E-state index contributed by atoms with van der Waals surface area (Å²) < 4.78 is 6.01. The molecule has 1 N–H and O–H groups in total. The molecular weight excluding hydrogens is 300 g/mol. The quantitative estimate of drug-likeness (QED) is 0.669. The molecule has 1 unspecified atom stereocenters. The fourth-order valence-electron chi connectivity index (χ4n) is 2.03. The van der Waals surface area contributed by atoms with Crippen LogP contribution >= 0.6 is 15.9 Å². The van der Waals surface area contributed by atoms with Crippen LogP contribution in [0.1, 0.15) is 12.8 Å². The molecule has 0 spiro atoms. The van der Waals surface area contributed by atoms with Crippen LogP contribution in [0.5, 0.6) is 0 Å². The third kappa shape index (κ3) is 3.43. The van der Waals surface area contributed by atoms with Crippen LogP contribution in [0.25, 0.3) is 0 Å². The fraction of sp³-hybridized carbons (Fsp3) is 0.500. The maximum Gasteiger partial charge on any atom is 0.293 e. The molecule has 1 heterocycles. The Hall–Kier alpha value is -1.14. The molecule has 1 aromatic carbocycles. The largest absolute Gasteiger partial charge is 0.381 e. The molecule has 1 atom stereocenters. The highest BCUT2D eigenvalue weighted by Gasteiger charge is 2.17. The van der Waals surface area contributed by atoms with E-state index in [0.29, 0.717) is 16.1 Å². The Kier molecular flexibility index (Phi) is 4.54. The maximum atomic E-state index is 10.9. The van der Waals surface area contributed by atoms with Gasteiger partial charge in [0.1, 0.15) is 5.69 Å². The predicted molar refractivity (Wildman–Crippen MR) is 72.8 cm³/mol. The number of hydrogen-bond acceptors (Lipinski definition) is 4. The van der Waals surface area contributed by atoms with Crippen LogP contribution in [0.2, 0.25) is 0 Å². The van der Waals surface area contributed by atoms with Crippen molar-refractivity contribution < 1.29 is 9.66 Å². The summed E-state index contributed by atoms with van der Waals surface area (Å²) in [5.41, 5.74) is 0.675. The Balaban J connectivity index is 1.93. The first-order valence-corrected chi connectivity index (χ1v) is 6.71. The van der Waals surface area contributed by atoms with Crippen LogP contribution in [-0.4, -0.2) is 24.7 Å². The number of benzene rings is 1. The molecule has 1 aliphatic rings. The first kappa shape index (κ1) is 13.3. The van der Waals surface area contributed by atoms with Gasteiger partial charge >= 0.3 is 0 Å². The zero-order chi connectivity index (χ0) is 13.0. The highest BCUT2D eigenvalue weighted by molar-refractivity contribution is 9.10. The van der Waals surface area contributed by atoms with Crippen LogP contribution in [0.15, 0.2) is 22.7 Å². The standard InChI is InChI=1S/C12H15BrN2O3/c13-10-1-2-11(12(7-10)15(16)17)14-5-3-9-4-6-18-8-9/h1-2,7,9,14H,3-6,8H2. The van der Waals surface area contributed by atoms with E-state index >= 15 is 0 Å². The number of rotatable bonds is 5. The number of ether oxygens (including phenoxy) is 1. The summed E-state index contributed by atoms with van der Waals surface area (Å²) in [7, 11) is 0. The van der Waals surface area contributed by atoms with E-state index in [1.165, 1.54) is 6.07 Å². The highest BCUT2D eigenvalue weighted by atomic mass is 79.9. The van der Waals surface area contributed by atoms with Crippen molar-refractivity contribution in [2.24, 2.45) is 5.92 Å². The molecule has 0 bridgehead atoms. The molecule has 98 valence electrons. The third-order valence-corrected chi connectivity index (χ3v) is 3.54. The van der Waals surface area contributed by atoms with Gasteiger partial charge in [-0.3, -0.25) is 10.1 Å². The molecule has 5 nitrogen and oxygen atoms in total. The minimum absolute atomic E-state index is 0.104. The average Bonchev–Trinajstić information content (AvgIpc) is 2.84. The SMILES string of the molecule is O=[N+]([O-])c1cc(Br)ccc1NCCC1CCOC1. The lowest BCUT2D eigenvalue weighted by Crippen LogP contribution is -2.10. The van der Waals surface area contributed by atoms with Crippen molar-refractivity contribution in [3.8, 4) is 0 Å². The first-order chi connectivity index (χ1) is 8.66. The molecule has 6 heteroatoms. The highest BCUT2D eigenvalue weighted by Crippen LogP contribution is 2.28. The van der Waals surface area contributed by atoms with Gasteiger partial charge in [-0.15, -0.1) is 0 Å². The van der Waals surface area contributed by atoms with Crippen molar-refractivity contribution >= 4 is 27.3 Å². The maximum absolute atomic E-state index is 10.9. The minimum Gasteiger partial charge on any atom is -0.381 e. The number of nitrogens with one attached hydrogen (secondary N) is 1. The van der Waals surface area contributed by atoms with Gasteiger partial charge in [0.05, 0.1) is 4.92 Å². The van der Waals surface area contributed by atoms with Gasteiger partial charge in [0, 0.05) is 30.3 Å². The molecular formula is C12H15BrN2O3. The number of hydrogen-bond donors (Lipinski definition) is 1. The Morgan fingerprint density at radius 2 is 2.39 bits per heavy atom. The Bertz CT molecular complexity index is 433. The second kappa shape index (κ2) is 6.15. The molecule has 1 aliphatic heterocycles. The molecule has 1 saturated heterocycles. The van der Waals surface area contributed by atoms with E-state index in [4.69, 9.17) is 4.74 Å². The van der Waals surface area contributed by atoms with Gasteiger partial charge in [-0.05, 0) is 30.9 Å². The molecule has 0 aromatic heterocycles. The van der Waals surface area contributed by atoms with Crippen LogP contribution < -0.4 is 5.32 Å². The fourth-order valence-corrected chi connectivity index (χ4v) is 2.38. The van der Waals surface area contributed by atoms with E-state index in [2.05, 4.69) is 21.2 Å². The smallest absolute Gasteiger partial charge is 0.293 e. The number of nitro groups is 1. The van der Waals surface area contributed by atoms with E-state index in [9.17, 15) is 10.1 Å². The molecule has 0 aliphatic carbocycles. The zero-order valence-electron chi connectivity index (χ0n) is 9.89. The van der Waals surface area contributed by atoms with Crippen molar-refractivity contribution in [3.63, 3.8) is 0 Å². The molecule has 1 fully saturated rings. The summed E-state index contributed by atoms with van der Waals surface area (Å²) in [5.74, 6) is 0.576. The average molecular weight is 315 g/mol. The Morgan fingerprint density at radius 3 is 3.06 bits per heavy atom. The van der Waals surface area contributed by atoms with E-state index in [1.807, 2.05) is 0 Å². The molecule has 2 rings (SSSR count). The molecule has 1 aromatic rings. The summed E-state index contributed by atoms with van der Waals surface area (Å²) >= 11 is 3.24. The summed E-state index contributed by atoms with van der Waals surface area (Å²) in [5, 5.41) is 14.0. The van der Waals surface area contributed by atoms with Gasteiger partial charge < -0.3 is 10.1 Å². The van der Waals surface area contributed by atoms with Gasteiger partial charge in [-0.1, -0.05) is 15.9 Å². The van der Waals surface area contributed by atoms with Crippen LogP contribution in [0.4, 0.5) is 11.4 Å². The van der Waals surface area contributed by atoms with Crippen molar-refractivity contribution in [1.82, 2.24) is 0 Å². The van der Waals surface area contributed by atoms with E-state index < -0.39 is 0 Å². The lowest BCUT2D eigenvalue weighted by Gasteiger charge is -2.10. The monoisotopic (exact) mass is 314 g/mol. The van der Waals surface area contributed by atoms with Gasteiger partial charge in [0.2, 0.25) is 0 Å². The normalized spacial score (nSPS) is 18.8. The summed E-state index contributed by atoms with van der Waals surface area (Å²) in [4.78, 5) is 10.5. The van der Waals surface area contributed by atoms with Crippen LogP contribution in [0, 0.1) is 16.0 Å². The third-order valence-electron chi connectivity index (χ3n) is 3.05. The van der Waals surface area contributed by atoms with E-state index in [0.717, 1.165) is 32.6 Å². The minimum atomic E-state index is -0.369. The second-order valence-corrected chi connectivity index (χ2v) is 5.28. The Morgan fingerprint density at radius 1 is 1.56 bits per heavy atom. The molecule has 0 saturated carbocycles. The molecule has 18 heavy (non-hydrogen) atoms. The summed E-state index contributed by atoms with van der Waals surface area (Å²) in [6.45, 7) is 2.38. The number of nitro benzene ring substituents is 1. The van der Waals surface area contributed by atoms with Gasteiger partial charge in [0.25, 0.3) is 5.69 Å². The van der Waals surface area contributed by atoms with E-state index in [-0.39, 0.29) is 10.6 Å². The number of nitrogens with zero attached hydrogens (tertiary/aromatic N) is 1. The summed E-state index contributed by atoms with van der Waals surface area (Å²) in [6.07, 6.45) is 2.07. The predicted octanol–water partition coefficient (Wildman–Crippen LogP) is 3.20.